The molecule has 23 heavy (non-hydrogen) atoms. The van der Waals surface area contributed by atoms with Gasteiger partial charge in [-0.2, -0.15) is 0 Å². The molecule has 0 radical (unpaired) electrons. The number of hydrogen-bond acceptors (Lipinski definition) is 2. The molecule has 0 bridgehead atoms. The molecule has 1 aliphatic heterocycles. The predicted octanol–water partition coefficient (Wildman–Crippen LogP) is 3.51. The lowest BCUT2D eigenvalue weighted by Crippen LogP contribution is -2.44. The Labute approximate surface area is 138 Å². The van der Waals surface area contributed by atoms with E-state index in [0.29, 0.717) is 11.4 Å². The molecule has 4 nitrogen and oxygen atoms in total. The van der Waals surface area contributed by atoms with Crippen LogP contribution in [0.5, 0.6) is 0 Å². The van der Waals surface area contributed by atoms with Crippen LogP contribution in [0.3, 0.4) is 0 Å². The smallest absolute Gasteiger partial charge is 0.321 e. The second-order valence-corrected chi connectivity index (χ2v) is 6.25. The van der Waals surface area contributed by atoms with Gasteiger partial charge in [0.2, 0.25) is 0 Å². The van der Waals surface area contributed by atoms with Crippen LogP contribution in [0.15, 0.2) is 48.5 Å². The van der Waals surface area contributed by atoms with Crippen molar-refractivity contribution in [3.8, 4) is 0 Å². The van der Waals surface area contributed by atoms with Crippen molar-refractivity contribution in [3.63, 3.8) is 0 Å². The minimum Gasteiger partial charge on any atom is -0.480 e. The van der Waals surface area contributed by atoms with Crippen molar-refractivity contribution in [3.05, 3.63) is 70.4 Å². The van der Waals surface area contributed by atoms with Crippen LogP contribution in [-0.2, 0) is 11.2 Å². The van der Waals surface area contributed by atoms with Gasteiger partial charge in [-0.3, -0.25) is 10.1 Å². The Kier molecular flexibility index (Phi) is 3.36. The Morgan fingerprint density at radius 3 is 2.78 bits per heavy atom. The van der Waals surface area contributed by atoms with Crippen molar-refractivity contribution < 1.29 is 9.90 Å². The third kappa shape index (κ3) is 2.40. The van der Waals surface area contributed by atoms with Crippen molar-refractivity contribution in [1.82, 2.24) is 10.3 Å². The Morgan fingerprint density at radius 2 is 2.00 bits per heavy atom. The van der Waals surface area contributed by atoms with Crippen molar-refractivity contribution in [2.75, 3.05) is 0 Å². The van der Waals surface area contributed by atoms with Gasteiger partial charge in [0.15, 0.2) is 0 Å². The molecule has 0 saturated carbocycles. The van der Waals surface area contributed by atoms with E-state index in [1.807, 2.05) is 48.5 Å². The Morgan fingerprint density at radius 1 is 1.17 bits per heavy atom. The first-order valence-electron chi connectivity index (χ1n) is 7.47. The molecule has 0 aliphatic carbocycles. The second kappa shape index (κ2) is 5.41. The maximum atomic E-state index is 11.6. The van der Waals surface area contributed by atoms with E-state index in [-0.39, 0.29) is 6.04 Å². The number of rotatable bonds is 2. The average molecular weight is 327 g/mol. The van der Waals surface area contributed by atoms with Crippen LogP contribution < -0.4 is 5.32 Å². The average Bonchev–Trinajstić information content (AvgIpc) is 2.92. The number of aromatic nitrogens is 1. The minimum absolute atomic E-state index is 0.217. The predicted molar refractivity (Wildman–Crippen MR) is 89.9 cm³/mol. The fraction of sp³-hybridized carbons (Fsp3) is 0.167. The largest absolute Gasteiger partial charge is 0.480 e. The summed E-state index contributed by atoms with van der Waals surface area (Å²) in [6, 6.07) is 14.7. The molecule has 3 aromatic rings. The minimum atomic E-state index is -0.840. The van der Waals surface area contributed by atoms with Crippen LogP contribution in [0.1, 0.15) is 22.9 Å². The van der Waals surface area contributed by atoms with Crippen LogP contribution >= 0.6 is 11.6 Å². The summed E-state index contributed by atoms with van der Waals surface area (Å²) in [6.07, 6.45) is 0.464. The molecule has 0 spiro atoms. The van der Waals surface area contributed by atoms with Gasteiger partial charge in [-0.15, -0.1) is 0 Å². The number of H-pyrrole nitrogens is 1. The van der Waals surface area contributed by atoms with E-state index < -0.39 is 12.0 Å². The van der Waals surface area contributed by atoms with E-state index in [9.17, 15) is 9.90 Å². The molecule has 4 rings (SSSR count). The standard InChI is InChI=1S/C18H15ClN2O2/c19-11-5-3-4-10(8-11)16-17-13(9-15(21-16)18(22)23)12-6-1-2-7-14(12)20-17/h1-8,15-16,20-21H,9H2,(H,22,23)/t15-,16-/m1/s1. The lowest BCUT2D eigenvalue weighted by atomic mass is 9.90. The number of carbonyl (C=O) groups is 1. The number of benzene rings is 2. The van der Waals surface area contributed by atoms with Crippen LogP contribution in [0.25, 0.3) is 10.9 Å². The van der Waals surface area contributed by atoms with E-state index in [1.54, 1.807) is 0 Å². The molecule has 1 aromatic heterocycles. The Balaban J connectivity index is 1.91. The highest BCUT2D eigenvalue weighted by molar-refractivity contribution is 6.30. The Bertz CT molecular complexity index is 903. The Hall–Kier alpha value is -2.30. The van der Waals surface area contributed by atoms with Crippen molar-refractivity contribution in [2.45, 2.75) is 18.5 Å². The highest BCUT2D eigenvalue weighted by Crippen LogP contribution is 2.35. The molecule has 3 N–H and O–H groups in total. The lowest BCUT2D eigenvalue weighted by molar-refractivity contribution is -0.139. The van der Waals surface area contributed by atoms with Crippen LogP contribution in [0.2, 0.25) is 5.02 Å². The molecule has 0 fully saturated rings. The molecule has 0 unspecified atom stereocenters. The number of fused-ring (bicyclic) bond motifs is 3. The maximum Gasteiger partial charge on any atom is 0.321 e. The molecule has 116 valence electrons. The molecular formula is C18H15ClN2O2. The number of nitrogens with one attached hydrogen (secondary N) is 2. The van der Waals surface area contributed by atoms with Crippen molar-refractivity contribution >= 4 is 28.5 Å². The molecule has 2 atom stereocenters. The lowest BCUT2D eigenvalue weighted by Gasteiger charge is -2.29. The molecule has 0 saturated heterocycles. The molecular weight excluding hydrogens is 312 g/mol. The van der Waals surface area contributed by atoms with Crippen LogP contribution in [0.4, 0.5) is 0 Å². The van der Waals surface area contributed by atoms with E-state index >= 15 is 0 Å². The molecule has 1 aliphatic rings. The first kappa shape index (κ1) is 14.3. The first-order valence-corrected chi connectivity index (χ1v) is 7.85. The number of hydrogen-bond donors (Lipinski definition) is 3. The number of carboxylic acids is 1. The summed E-state index contributed by atoms with van der Waals surface area (Å²) in [4.78, 5) is 15.0. The van der Waals surface area contributed by atoms with Gasteiger partial charge in [0.05, 0.1) is 6.04 Å². The number of aliphatic carboxylic acids is 1. The zero-order valence-corrected chi connectivity index (χ0v) is 13.0. The van der Waals surface area contributed by atoms with E-state index in [4.69, 9.17) is 11.6 Å². The molecule has 2 aromatic carbocycles. The van der Waals surface area contributed by atoms with Gasteiger partial charge in [-0.05, 0) is 29.3 Å². The monoisotopic (exact) mass is 326 g/mol. The second-order valence-electron chi connectivity index (χ2n) is 5.81. The number of carboxylic acid groups (broad SMARTS) is 1. The quantitative estimate of drug-likeness (QED) is 0.675. The zero-order chi connectivity index (χ0) is 16.0. The topological polar surface area (TPSA) is 65.1 Å². The van der Waals surface area contributed by atoms with Crippen LogP contribution in [0, 0.1) is 0 Å². The van der Waals surface area contributed by atoms with Crippen molar-refractivity contribution in [1.29, 1.82) is 0 Å². The normalized spacial score (nSPS) is 20.4. The van der Waals surface area contributed by atoms with Gasteiger partial charge in [-0.1, -0.05) is 41.9 Å². The fourth-order valence-electron chi connectivity index (χ4n) is 3.34. The van der Waals surface area contributed by atoms with E-state index in [0.717, 1.165) is 27.7 Å². The third-order valence-corrected chi connectivity index (χ3v) is 4.63. The highest BCUT2D eigenvalue weighted by Gasteiger charge is 2.33. The van der Waals surface area contributed by atoms with Crippen LogP contribution in [-0.4, -0.2) is 22.1 Å². The third-order valence-electron chi connectivity index (χ3n) is 4.39. The summed E-state index contributed by atoms with van der Waals surface area (Å²) in [5.41, 5.74) is 4.07. The number of halogens is 1. The zero-order valence-electron chi connectivity index (χ0n) is 12.2. The van der Waals surface area contributed by atoms with Gasteiger partial charge in [0.25, 0.3) is 0 Å². The van der Waals surface area contributed by atoms with E-state index in [1.165, 1.54) is 0 Å². The summed E-state index contributed by atoms with van der Waals surface area (Å²) in [5, 5.41) is 14.4. The summed E-state index contributed by atoms with van der Waals surface area (Å²) in [6.45, 7) is 0. The summed E-state index contributed by atoms with van der Waals surface area (Å²) >= 11 is 6.11. The highest BCUT2D eigenvalue weighted by atomic mass is 35.5. The summed E-state index contributed by atoms with van der Waals surface area (Å²) in [7, 11) is 0. The van der Waals surface area contributed by atoms with Gasteiger partial charge in [0, 0.05) is 28.0 Å². The SMILES string of the molecule is O=C(O)[C@H]1Cc2c([nH]c3ccccc23)[C@@H](c2cccc(Cl)c2)N1. The van der Waals surface area contributed by atoms with Gasteiger partial charge in [-0.25, -0.2) is 0 Å². The summed E-state index contributed by atoms with van der Waals surface area (Å²) < 4.78 is 0. The van der Waals surface area contributed by atoms with Gasteiger partial charge in [0.1, 0.15) is 6.04 Å². The fourth-order valence-corrected chi connectivity index (χ4v) is 3.54. The van der Waals surface area contributed by atoms with E-state index in [2.05, 4.69) is 10.3 Å². The van der Waals surface area contributed by atoms with Gasteiger partial charge >= 0.3 is 5.97 Å². The molecule has 2 heterocycles. The molecule has 5 heteroatoms. The summed E-state index contributed by atoms with van der Waals surface area (Å²) in [5.74, 6) is -0.840. The number of para-hydroxylation sites is 1. The van der Waals surface area contributed by atoms with Crippen molar-refractivity contribution in [2.24, 2.45) is 0 Å². The molecule has 0 amide bonds. The number of aromatic amines is 1. The van der Waals surface area contributed by atoms with Gasteiger partial charge < -0.3 is 10.1 Å². The maximum absolute atomic E-state index is 11.6. The first-order chi connectivity index (χ1) is 11.1.